The number of methoxy groups -OCH3 is 1. The van der Waals surface area contributed by atoms with Gasteiger partial charge in [0.25, 0.3) is 0 Å². The quantitative estimate of drug-likeness (QED) is 0.748. The monoisotopic (exact) mass is 357 g/mol. The highest BCUT2D eigenvalue weighted by Gasteiger charge is 2.22. The first-order valence-corrected chi connectivity index (χ1v) is 8.72. The van der Waals surface area contributed by atoms with Gasteiger partial charge < -0.3 is 15.8 Å². The van der Waals surface area contributed by atoms with E-state index in [2.05, 4.69) is 10.4 Å². The second kappa shape index (κ2) is 6.54. The molecule has 6 nitrogen and oxygen atoms in total. The molecule has 2 aromatic heterocycles. The van der Waals surface area contributed by atoms with Crippen LogP contribution >= 0.6 is 11.6 Å². The Labute approximate surface area is 151 Å². The number of ether oxygens (including phenoxy) is 1. The lowest BCUT2D eigenvalue weighted by Gasteiger charge is -2.16. The molecule has 0 bridgehead atoms. The van der Waals surface area contributed by atoms with E-state index in [4.69, 9.17) is 27.1 Å². The molecule has 1 aliphatic rings. The number of nitrogens with zero attached hydrogens (tertiary/aromatic N) is 3. The number of anilines is 1. The maximum atomic E-state index is 6.21. The number of halogens is 1. The van der Waals surface area contributed by atoms with E-state index in [1.165, 1.54) is 0 Å². The number of rotatable bonds is 4. The maximum Gasteiger partial charge on any atom is 0.157 e. The highest BCUT2D eigenvalue weighted by Crippen LogP contribution is 2.30. The molecule has 1 saturated carbocycles. The molecule has 0 spiro atoms. The van der Waals surface area contributed by atoms with Gasteiger partial charge >= 0.3 is 0 Å². The Morgan fingerprint density at radius 2 is 2.16 bits per heavy atom. The molecule has 0 amide bonds. The topological polar surface area (TPSA) is 77.5 Å². The van der Waals surface area contributed by atoms with E-state index in [0.29, 0.717) is 16.8 Å². The van der Waals surface area contributed by atoms with E-state index in [1.54, 1.807) is 19.4 Å². The van der Waals surface area contributed by atoms with Gasteiger partial charge in [-0.25, -0.2) is 4.98 Å². The fourth-order valence-electron chi connectivity index (χ4n) is 3.35. The first-order valence-electron chi connectivity index (χ1n) is 8.34. The highest BCUT2D eigenvalue weighted by molar-refractivity contribution is 6.31. The lowest BCUT2D eigenvalue weighted by atomic mass is 10.1. The van der Waals surface area contributed by atoms with Crippen LogP contribution in [0, 0.1) is 0 Å². The fraction of sp³-hybridized carbons (Fsp3) is 0.333. The van der Waals surface area contributed by atoms with Crippen LogP contribution in [0.3, 0.4) is 0 Å². The van der Waals surface area contributed by atoms with Crippen LogP contribution in [0.25, 0.3) is 16.9 Å². The Kier molecular flexibility index (Phi) is 4.23. The summed E-state index contributed by atoms with van der Waals surface area (Å²) in [6.07, 6.45) is 4.82. The van der Waals surface area contributed by atoms with Gasteiger partial charge in [-0.15, -0.1) is 0 Å². The minimum absolute atomic E-state index is 0.268. The number of aromatic nitrogens is 3. The van der Waals surface area contributed by atoms with Gasteiger partial charge in [-0.05, 0) is 37.5 Å². The third kappa shape index (κ3) is 3.27. The molecule has 1 aromatic carbocycles. The Morgan fingerprint density at radius 3 is 2.92 bits per heavy atom. The summed E-state index contributed by atoms with van der Waals surface area (Å²) in [5.41, 5.74) is 8.54. The van der Waals surface area contributed by atoms with Crippen LogP contribution in [0.1, 0.15) is 19.3 Å². The van der Waals surface area contributed by atoms with Gasteiger partial charge in [0.15, 0.2) is 5.65 Å². The van der Waals surface area contributed by atoms with Crippen LogP contribution in [0.15, 0.2) is 36.5 Å². The molecule has 130 valence electrons. The third-order valence-electron chi connectivity index (χ3n) is 4.59. The standard InChI is InChI=1S/C18H20ClN5O/c1-25-15-7-11(6-12(19)8-15)16-10-18(22-14-3-2-13(20)9-14)24-17(23-16)4-5-21-24/h4-8,10,13-14,22H,2-3,9,20H2,1H3/t13-,14-/m0/s1. The molecule has 7 heteroatoms. The van der Waals surface area contributed by atoms with E-state index in [-0.39, 0.29) is 6.04 Å². The van der Waals surface area contributed by atoms with Crippen LogP contribution in [0.2, 0.25) is 5.02 Å². The van der Waals surface area contributed by atoms with Gasteiger partial charge in [0.1, 0.15) is 11.6 Å². The zero-order valence-electron chi connectivity index (χ0n) is 13.9. The Bertz CT molecular complexity index is 910. The van der Waals surface area contributed by atoms with Gasteiger partial charge in [-0.1, -0.05) is 11.6 Å². The van der Waals surface area contributed by atoms with Gasteiger partial charge in [0, 0.05) is 34.8 Å². The molecule has 0 aliphatic heterocycles. The van der Waals surface area contributed by atoms with E-state index in [9.17, 15) is 0 Å². The molecule has 0 saturated heterocycles. The lowest BCUT2D eigenvalue weighted by Crippen LogP contribution is -2.22. The third-order valence-corrected chi connectivity index (χ3v) is 4.81. The minimum Gasteiger partial charge on any atom is -0.497 e. The van der Waals surface area contributed by atoms with Crippen molar-refractivity contribution >= 4 is 23.1 Å². The Hall–Kier alpha value is -2.31. The maximum absolute atomic E-state index is 6.21. The molecule has 1 fully saturated rings. The number of benzene rings is 1. The number of fused-ring (bicyclic) bond motifs is 1. The molecule has 2 heterocycles. The van der Waals surface area contributed by atoms with E-state index in [0.717, 1.165) is 42.0 Å². The number of hydrogen-bond donors (Lipinski definition) is 2. The van der Waals surface area contributed by atoms with Crippen molar-refractivity contribution in [1.82, 2.24) is 14.6 Å². The van der Waals surface area contributed by atoms with Gasteiger partial charge in [-0.3, -0.25) is 0 Å². The largest absolute Gasteiger partial charge is 0.497 e. The molecular weight excluding hydrogens is 338 g/mol. The van der Waals surface area contributed by atoms with Gasteiger partial charge in [0.05, 0.1) is 19.0 Å². The normalized spacial score (nSPS) is 20.1. The van der Waals surface area contributed by atoms with Gasteiger partial charge in [-0.2, -0.15) is 9.61 Å². The molecule has 0 radical (unpaired) electrons. The van der Waals surface area contributed by atoms with E-state index >= 15 is 0 Å². The highest BCUT2D eigenvalue weighted by atomic mass is 35.5. The summed E-state index contributed by atoms with van der Waals surface area (Å²) in [5.74, 6) is 1.61. The number of nitrogens with two attached hydrogens (primary N) is 1. The summed E-state index contributed by atoms with van der Waals surface area (Å²) in [7, 11) is 1.62. The first kappa shape index (κ1) is 16.2. The van der Waals surface area contributed by atoms with Crippen LogP contribution in [-0.4, -0.2) is 33.8 Å². The number of nitrogens with one attached hydrogen (secondary N) is 1. The van der Waals surface area contributed by atoms with E-state index < -0.39 is 0 Å². The lowest BCUT2D eigenvalue weighted by molar-refractivity contribution is 0.415. The zero-order valence-corrected chi connectivity index (χ0v) is 14.7. The van der Waals surface area contributed by atoms with Crippen molar-refractivity contribution in [1.29, 1.82) is 0 Å². The molecule has 3 aromatic rings. The van der Waals surface area contributed by atoms with Crippen LogP contribution < -0.4 is 15.8 Å². The van der Waals surface area contributed by atoms with Crippen molar-refractivity contribution in [2.45, 2.75) is 31.3 Å². The molecule has 2 atom stereocenters. The average molecular weight is 358 g/mol. The summed E-state index contributed by atoms with van der Waals surface area (Å²) in [4.78, 5) is 4.69. The molecule has 25 heavy (non-hydrogen) atoms. The van der Waals surface area contributed by atoms with Crippen molar-refractivity contribution in [2.75, 3.05) is 12.4 Å². The van der Waals surface area contributed by atoms with Gasteiger partial charge in [0.2, 0.25) is 0 Å². The van der Waals surface area contributed by atoms with Crippen molar-refractivity contribution in [3.63, 3.8) is 0 Å². The molecule has 3 N–H and O–H groups in total. The SMILES string of the molecule is COc1cc(Cl)cc(-c2cc(N[C@H]3CC[C@H](N)C3)n3nccc3n2)c1. The van der Waals surface area contributed by atoms with Crippen molar-refractivity contribution in [3.05, 3.63) is 41.6 Å². The Balaban J connectivity index is 1.76. The summed E-state index contributed by atoms with van der Waals surface area (Å²) >= 11 is 6.21. The number of hydrogen-bond acceptors (Lipinski definition) is 5. The fourth-order valence-corrected chi connectivity index (χ4v) is 3.57. The van der Waals surface area contributed by atoms with Crippen molar-refractivity contribution in [3.8, 4) is 17.0 Å². The zero-order chi connectivity index (χ0) is 17.4. The molecule has 1 aliphatic carbocycles. The summed E-state index contributed by atoms with van der Waals surface area (Å²) < 4.78 is 7.13. The second-order valence-corrected chi connectivity index (χ2v) is 6.86. The predicted octanol–water partition coefficient (Wildman–Crippen LogP) is 3.35. The Morgan fingerprint density at radius 1 is 1.28 bits per heavy atom. The molecule has 4 rings (SSSR count). The molecular formula is C18H20ClN5O. The minimum atomic E-state index is 0.268. The average Bonchev–Trinajstić information content (AvgIpc) is 3.23. The van der Waals surface area contributed by atoms with E-state index in [1.807, 2.05) is 28.8 Å². The van der Waals surface area contributed by atoms with Crippen molar-refractivity contribution in [2.24, 2.45) is 5.73 Å². The van der Waals surface area contributed by atoms with Crippen LogP contribution in [0.4, 0.5) is 5.82 Å². The van der Waals surface area contributed by atoms with Crippen LogP contribution in [0.5, 0.6) is 5.75 Å². The first-order chi connectivity index (χ1) is 12.1. The summed E-state index contributed by atoms with van der Waals surface area (Å²) in [6, 6.07) is 10.1. The smallest absolute Gasteiger partial charge is 0.157 e. The van der Waals surface area contributed by atoms with Crippen molar-refractivity contribution < 1.29 is 4.74 Å². The second-order valence-electron chi connectivity index (χ2n) is 6.42. The summed E-state index contributed by atoms with van der Waals surface area (Å²) in [6.45, 7) is 0. The summed E-state index contributed by atoms with van der Waals surface area (Å²) in [5, 5.41) is 8.56. The molecule has 0 unspecified atom stereocenters. The predicted molar refractivity (Wildman–Crippen MR) is 99.2 cm³/mol. The van der Waals surface area contributed by atoms with Crippen LogP contribution in [-0.2, 0) is 0 Å².